The second-order valence-electron chi connectivity index (χ2n) is 17.7. The van der Waals surface area contributed by atoms with Crippen molar-refractivity contribution in [3.8, 4) is 40.3 Å². The molecule has 7 heteroatoms. The highest BCUT2D eigenvalue weighted by Gasteiger charge is 2.34. The zero-order valence-corrected chi connectivity index (χ0v) is 38.2. The quantitative estimate of drug-likeness (QED) is 0.177. The first-order valence-electron chi connectivity index (χ1n) is 23.0. The molecule has 318 valence electrons. The highest BCUT2D eigenvalue weighted by molar-refractivity contribution is 7.27. The molecule has 0 radical (unpaired) electrons. The van der Waals surface area contributed by atoms with Crippen LogP contribution in [0.2, 0.25) is 0 Å². The largest absolute Gasteiger partial charge is 0.306 e. The summed E-state index contributed by atoms with van der Waals surface area (Å²) < 4.78 is 11.6. The Bertz CT molecular complexity index is 4530. The van der Waals surface area contributed by atoms with Gasteiger partial charge in [0, 0.05) is 68.8 Å². The highest BCUT2D eigenvalue weighted by atomic mass is 32.1. The number of hydrogen-bond acceptors (Lipinski definition) is 4. The van der Waals surface area contributed by atoms with E-state index in [1.54, 1.807) is 22.7 Å². The van der Waals surface area contributed by atoms with Gasteiger partial charge in [0.05, 0.1) is 59.6 Å². The number of aromatic nitrogens is 3. The van der Waals surface area contributed by atoms with Gasteiger partial charge in [0.1, 0.15) is 23.3 Å². The van der Waals surface area contributed by atoms with Crippen molar-refractivity contribution < 1.29 is 0 Å². The van der Waals surface area contributed by atoms with Crippen molar-refractivity contribution in [2.75, 3.05) is 0 Å². The normalized spacial score (nSPS) is 12.0. The van der Waals surface area contributed by atoms with Gasteiger partial charge in [0.2, 0.25) is 0 Å². The maximum absolute atomic E-state index is 12.3. The minimum absolute atomic E-state index is 0.411. The van der Waals surface area contributed by atoms with E-state index < -0.39 is 0 Å². The zero-order valence-electron chi connectivity index (χ0n) is 36.6. The van der Waals surface area contributed by atoms with Crippen molar-refractivity contribution in [2.24, 2.45) is 0 Å². The van der Waals surface area contributed by atoms with Gasteiger partial charge in [-0.25, -0.2) is 0 Å². The molecule has 0 bridgehead atoms. The van der Waals surface area contributed by atoms with Gasteiger partial charge in [0.15, 0.2) is 0 Å². The van der Waals surface area contributed by atoms with Gasteiger partial charge in [-0.2, -0.15) is 10.5 Å². The lowest BCUT2D eigenvalue weighted by Crippen LogP contribution is -2.14. The van der Waals surface area contributed by atoms with Gasteiger partial charge in [-0.05, 0) is 42.0 Å². The number of para-hydroxylation sites is 4. The predicted molar refractivity (Wildman–Crippen MR) is 290 cm³/mol. The van der Waals surface area contributed by atoms with Crippen LogP contribution in [0.25, 0.3) is 134 Å². The lowest BCUT2D eigenvalue weighted by molar-refractivity contribution is 1.08. The van der Waals surface area contributed by atoms with Gasteiger partial charge in [0.25, 0.3) is 0 Å². The second kappa shape index (κ2) is 14.3. The number of fused-ring (bicyclic) bond motifs is 17. The molecule has 0 amide bonds. The number of hydrogen-bond donors (Lipinski definition) is 0. The van der Waals surface area contributed by atoms with Crippen LogP contribution in [0, 0.1) is 22.7 Å². The van der Waals surface area contributed by atoms with Crippen LogP contribution in [0.4, 0.5) is 0 Å². The van der Waals surface area contributed by atoms with Crippen LogP contribution in [0.5, 0.6) is 0 Å². The molecule has 69 heavy (non-hydrogen) atoms. The van der Waals surface area contributed by atoms with E-state index in [0.29, 0.717) is 16.8 Å². The van der Waals surface area contributed by atoms with Crippen molar-refractivity contribution >= 4 is 128 Å². The summed E-state index contributed by atoms with van der Waals surface area (Å²) in [5, 5.41) is 35.8. The minimum Gasteiger partial charge on any atom is -0.306 e. The Morgan fingerprint density at radius 3 is 1.09 bits per heavy atom. The van der Waals surface area contributed by atoms with Crippen LogP contribution in [-0.2, 0) is 0 Å². The third kappa shape index (κ3) is 5.05. The van der Waals surface area contributed by atoms with E-state index in [1.165, 1.54) is 20.2 Å². The molecule has 0 spiro atoms. The molecule has 0 atom stereocenters. The third-order valence-electron chi connectivity index (χ3n) is 14.3. The molecule has 0 fully saturated rings. The first kappa shape index (κ1) is 38.2. The summed E-state index contributed by atoms with van der Waals surface area (Å²) in [6.07, 6.45) is 0. The zero-order chi connectivity index (χ0) is 45.5. The van der Waals surface area contributed by atoms with Crippen LogP contribution in [0.3, 0.4) is 0 Å². The van der Waals surface area contributed by atoms with Gasteiger partial charge < -0.3 is 13.7 Å². The Balaban J connectivity index is 1.27. The lowest BCUT2D eigenvalue weighted by atomic mass is 9.91. The van der Waals surface area contributed by atoms with Gasteiger partial charge in [-0.1, -0.05) is 164 Å². The molecule has 0 saturated heterocycles. The molecule has 10 aromatic carbocycles. The molecule has 0 aliphatic carbocycles. The van der Waals surface area contributed by atoms with Crippen LogP contribution in [-0.4, -0.2) is 13.7 Å². The molecule has 0 aliphatic rings. The molecule has 0 unspecified atom stereocenters. The predicted octanol–water partition coefficient (Wildman–Crippen LogP) is 17.1. The van der Waals surface area contributed by atoms with Crippen molar-refractivity contribution in [3.05, 3.63) is 211 Å². The standard InChI is InChI=1S/C62H33N5S2/c63-34-47-56(65-49-24-10-4-18-37(49)38-19-5-11-25-50(38)65)48(35-64)58(67-52-27-13-7-21-40(52)44-31-33-46-42-23-9-15-29-54(42)69-62(46)60(44)67)55(36-16-2-1-3-17-36)57(47)66-51-26-12-6-20-39(51)43-30-32-45-41-22-8-14-28-53(41)68-61(45)59(43)66/h1-33H. The molecule has 15 aromatic rings. The first-order chi connectivity index (χ1) is 34.2. The third-order valence-corrected chi connectivity index (χ3v) is 16.7. The van der Waals surface area contributed by atoms with Crippen molar-refractivity contribution in [1.29, 1.82) is 10.5 Å². The Hall–Kier alpha value is -8.98. The second-order valence-corrected chi connectivity index (χ2v) is 19.8. The summed E-state index contributed by atoms with van der Waals surface area (Å²) in [7, 11) is 0. The van der Waals surface area contributed by atoms with E-state index in [2.05, 4.69) is 208 Å². The van der Waals surface area contributed by atoms with Crippen LogP contribution in [0.15, 0.2) is 200 Å². The Labute approximate surface area is 402 Å². The monoisotopic (exact) mass is 911 g/mol. The smallest absolute Gasteiger partial charge is 0.104 e. The Kier molecular flexibility index (Phi) is 7.89. The van der Waals surface area contributed by atoms with Crippen molar-refractivity contribution in [3.63, 3.8) is 0 Å². The molecule has 5 heterocycles. The van der Waals surface area contributed by atoms with Crippen LogP contribution in [0.1, 0.15) is 11.1 Å². The van der Waals surface area contributed by atoms with Crippen molar-refractivity contribution in [2.45, 2.75) is 0 Å². The SMILES string of the molecule is N#Cc1c(-n2c3ccccc3c3ccccc32)c(C#N)c(-n2c3ccccc3c3ccc4c5ccccc5sc4c32)c(-c2ccccc2)c1-n1c2ccccc2c2ccc3c4ccccc4sc3c21. The molecule has 5 aromatic heterocycles. The van der Waals surface area contributed by atoms with E-state index in [0.717, 1.165) is 108 Å². The van der Waals surface area contributed by atoms with Crippen molar-refractivity contribution in [1.82, 2.24) is 13.7 Å². The minimum atomic E-state index is 0.411. The summed E-state index contributed by atoms with van der Waals surface area (Å²) in [5.74, 6) is 0. The average Bonchev–Trinajstić information content (AvgIpc) is 4.22. The van der Waals surface area contributed by atoms with E-state index in [4.69, 9.17) is 0 Å². The number of benzene rings is 10. The maximum atomic E-state index is 12.3. The van der Waals surface area contributed by atoms with Crippen LogP contribution >= 0.6 is 22.7 Å². The van der Waals surface area contributed by atoms with Gasteiger partial charge in [-0.3, -0.25) is 0 Å². The number of rotatable bonds is 4. The summed E-state index contributed by atoms with van der Waals surface area (Å²) in [4.78, 5) is 0. The highest BCUT2D eigenvalue weighted by Crippen LogP contribution is 2.52. The summed E-state index contributed by atoms with van der Waals surface area (Å²) in [6.45, 7) is 0. The number of nitrogens with zero attached hydrogens (tertiary/aromatic N) is 5. The summed E-state index contributed by atoms with van der Waals surface area (Å²) >= 11 is 3.58. The number of nitriles is 2. The molecule has 0 aliphatic heterocycles. The number of thiophene rings is 2. The Morgan fingerprint density at radius 1 is 0.304 bits per heavy atom. The Morgan fingerprint density at radius 2 is 0.652 bits per heavy atom. The topological polar surface area (TPSA) is 62.4 Å². The molecule has 0 N–H and O–H groups in total. The molecular formula is C62H33N5S2. The maximum Gasteiger partial charge on any atom is 0.104 e. The van der Waals surface area contributed by atoms with E-state index in [1.807, 2.05) is 18.2 Å². The van der Waals surface area contributed by atoms with E-state index in [-0.39, 0.29) is 0 Å². The molecule has 15 rings (SSSR count). The fraction of sp³-hybridized carbons (Fsp3) is 0. The van der Waals surface area contributed by atoms with E-state index >= 15 is 0 Å². The average molecular weight is 912 g/mol. The fourth-order valence-corrected chi connectivity index (χ4v) is 14.0. The molecule has 5 nitrogen and oxygen atoms in total. The van der Waals surface area contributed by atoms with Gasteiger partial charge in [-0.15, -0.1) is 22.7 Å². The van der Waals surface area contributed by atoms with E-state index in [9.17, 15) is 10.5 Å². The summed E-state index contributed by atoms with van der Waals surface area (Å²) in [6, 6.07) is 76.3. The van der Waals surface area contributed by atoms with Crippen LogP contribution < -0.4 is 0 Å². The summed E-state index contributed by atoms with van der Waals surface area (Å²) in [5.41, 5.74) is 10.4. The lowest BCUT2D eigenvalue weighted by Gasteiger charge is -2.26. The van der Waals surface area contributed by atoms with Gasteiger partial charge >= 0.3 is 0 Å². The molecular weight excluding hydrogens is 879 g/mol. The fourth-order valence-electron chi connectivity index (χ4n) is 11.6. The molecule has 0 saturated carbocycles. The first-order valence-corrected chi connectivity index (χ1v) is 24.6.